The highest BCUT2D eigenvalue weighted by molar-refractivity contribution is 8.16. The Balaban J connectivity index is 1.73. The minimum atomic E-state index is -4.65. The predicted molar refractivity (Wildman–Crippen MR) is 115 cm³/mol. The topological polar surface area (TPSA) is 66.8 Å². The Bertz CT molecular complexity index is 1170. The van der Waals surface area contributed by atoms with Gasteiger partial charge in [-0.05, 0) is 23.8 Å². The fraction of sp³-hybridized carbons (Fsp3) is 0.300. The number of amides is 1. The minimum Gasteiger partial charge on any atom is -0.315 e. The molecule has 0 aliphatic carbocycles. The molecule has 4 rings (SSSR count). The number of alkyl halides is 3. The van der Waals surface area contributed by atoms with Gasteiger partial charge in [-0.2, -0.15) is 18.2 Å². The fourth-order valence-corrected chi connectivity index (χ4v) is 7.85. The van der Waals surface area contributed by atoms with Crippen LogP contribution in [0.5, 0.6) is 0 Å². The maximum atomic E-state index is 13.6. The van der Waals surface area contributed by atoms with Crippen molar-refractivity contribution in [3.8, 4) is 0 Å². The molecule has 164 valence electrons. The van der Waals surface area contributed by atoms with Gasteiger partial charge in [0.2, 0.25) is 0 Å². The SMILES string of the molecule is O=C(Cc1ccccc1Cl)N=C1S[C@@H]2CS(=O)(=O)C[C@H]2N1c1ccccc1C(F)(F)F. The van der Waals surface area contributed by atoms with E-state index in [1.165, 1.54) is 23.1 Å². The zero-order valence-corrected chi connectivity index (χ0v) is 18.2. The van der Waals surface area contributed by atoms with Crippen molar-refractivity contribution in [3.63, 3.8) is 0 Å². The van der Waals surface area contributed by atoms with Gasteiger partial charge in [0, 0.05) is 10.3 Å². The number of amidine groups is 1. The molecular formula is C20H16ClF3N2O3S2. The van der Waals surface area contributed by atoms with Gasteiger partial charge in [-0.15, -0.1) is 0 Å². The van der Waals surface area contributed by atoms with Crippen LogP contribution in [-0.2, 0) is 27.2 Å². The summed E-state index contributed by atoms with van der Waals surface area (Å²) in [6.07, 6.45) is -4.77. The highest BCUT2D eigenvalue weighted by Gasteiger charge is 2.51. The van der Waals surface area contributed by atoms with Crippen molar-refractivity contribution in [1.82, 2.24) is 0 Å². The molecule has 0 N–H and O–H groups in total. The molecule has 0 saturated carbocycles. The van der Waals surface area contributed by atoms with E-state index in [1.807, 2.05) is 0 Å². The summed E-state index contributed by atoms with van der Waals surface area (Å²) in [5.41, 5.74) is -0.574. The highest BCUT2D eigenvalue weighted by Crippen LogP contribution is 2.45. The van der Waals surface area contributed by atoms with Crippen LogP contribution in [0.4, 0.5) is 18.9 Å². The molecule has 2 atom stereocenters. The maximum absolute atomic E-state index is 13.6. The lowest BCUT2D eigenvalue weighted by atomic mass is 10.1. The number of hydrogen-bond acceptors (Lipinski definition) is 4. The van der Waals surface area contributed by atoms with Crippen molar-refractivity contribution in [1.29, 1.82) is 0 Å². The third-order valence-corrected chi connectivity index (χ3v) is 8.63. The van der Waals surface area contributed by atoms with Gasteiger partial charge in [0.05, 0.1) is 35.2 Å². The van der Waals surface area contributed by atoms with Crippen LogP contribution in [0.2, 0.25) is 5.02 Å². The van der Waals surface area contributed by atoms with Crippen LogP contribution in [0.15, 0.2) is 53.5 Å². The Hall–Kier alpha value is -2.04. The predicted octanol–water partition coefficient (Wildman–Crippen LogP) is 4.20. The van der Waals surface area contributed by atoms with Crippen LogP contribution >= 0.6 is 23.4 Å². The molecule has 2 fully saturated rings. The van der Waals surface area contributed by atoms with E-state index in [-0.39, 0.29) is 28.8 Å². The Morgan fingerprint density at radius 3 is 2.52 bits per heavy atom. The van der Waals surface area contributed by atoms with Gasteiger partial charge in [0.1, 0.15) is 0 Å². The van der Waals surface area contributed by atoms with Crippen LogP contribution in [0, 0.1) is 0 Å². The second kappa shape index (κ2) is 8.14. The molecule has 11 heteroatoms. The van der Waals surface area contributed by atoms with Gasteiger partial charge in [-0.1, -0.05) is 53.7 Å². The van der Waals surface area contributed by atoms with Crippen LogP contribution in [0.25, 0.3) is 0 Å². The number of anilines is 1. The minimum absolute atomic E-state index is 0.0682. The van der Waals surface area contributed by atoms with Gasteiger partial charge in [0.25, 0.3) is 5.91 Å². The summed E-state index contributed by atoms with van der Waals surface area (Å²) in [6, 6.07) is 10.9. The van der Waals surface area contributed by atoms with Crippen molar-refractivity contribution in [2.24, 2.45) is 4.99 Å². The van der Waals surface area contributed by atoms with E-state index in [0.717, 1.165) is 17.8 Å². The lowest BCUT2D eigenvalue weighted by Gasteiger charge is -2.27. The Morgan fingerprint density at radius 2 is 1.81 bits per heavy atom. The third-order valence-electron chi connectivity index (χ3n) is 5.06. The highest BCUT2D eigenvalue weighted by atomic mass is 35.5. The van der Waals surface area contributed by atoms with Crippen LogP contribution in [0.3, 0.4) is 0 Å². The van der Waals surface area contributed by atoms with E-state index in [9.17, 15) is 26.4 Å². The Kier molecular flexibility index (Phi) is 5.82. The molecule has 2 aliphatic rings. The van der Waals surface area contributed by atoms with Crippen molar-refractivity contribution in [2.45, 2.75) is 23.9 Å². The monoisotopic (exact) mass is 488 g/mol. The molecule has 2 aliphatic heterocycles. The summed E-state index contributed by atoms with van der Waals surface area (Å²) in [6.45, 7) is 0. The Labute approximate surface area is 186 Å². The van der Waals surface area contributed by atoms with E-state index in [1.54, 1.807) is 24.3 Å². The van der Waals surface area contributed by atoms with E-state index in [0.29, 0.717) is 10.6 Å². The molecular weight excluding hydrogens is 473 g/mol. The van der Waals surface area contributed by atoms with Gasteiger partial charge in [-0.25, -0.2) is 8.42 Å². The van der Waals surface area contributed by atoms with Crippen molar-refractivity contribution < 1.29 is 26.4 Å². The summed E-state index contributed by atoms with van der Waals surface area (Å²) in [4.78, 5) is 17.9. The van der Waals surface area contributed by atoms with E-state index in [4.69, 9.17) is 11.6 Å². The van der Waals surface area contributed by atoms with Crippen molar-refractivity contribution in [3.05, 3.63) is 64.7 Å². The first kappa shape index (κ1) is 22.2. The van der Waals surface area contributed by atoms with Gasteiger partial charge < -0.3 is 4.90 Å². The number of carbonyl (C=O) groups excluding carboxylic acids is 1. The zero-order chi connectivity index (χ0) is 22.4. The van der Waals surface area contributed by atoms with E-state index in [2.05, 4.69) is 4.99 Å². The zero-order valence-electron chi connectivity index (χ0n) is 15.8. The standard InChI is InChI=1S/C20H16ClF3N2O3S2/c21-14-7-3-1-5-12(14)9-18(27)25-19-26(16-10-31(28,29)11-17(16)30-19)15-8-4-2-6-13(15)20(22,23)24/h1-8,16-17H,9-11H2/t16-,17-/m1/s1. The molecule has 0 bridgehead atoms. The number of hydrogen-bond donors (Lipinski definition) is 0. The third kappa shape index (κ3) is 4.61. The first-order chi connectivity index (χ1) is 14.5. The average molecular weight is 489 g/mol. The first-order valence-corrected chi connectivity index (χ1v) is 12.3. The van der Waals surface area contributed by atoms with Crippen molar-refractivity contribution >= 4 is 50.0 Å². The van der Waals surface area contributed by atoms with Gasteiger partial charge in [-0.3, -0.25) is 4.79 Å². The van der Waals surface area contributed by atoms with Gasteiger partial charge >= 0.3 is 6.18 Å². The van der Waals surface area contributed by atoms with Crippen molar-refractivity contribution in [2.75, 3.05) is 16.4 Å². The quantitative estimate of drug-likeness (QED) is 0.647. The van der Waals surface area contributed by atoms with Gasteiger partial charge in [0.15, 0.2) is 15.0 Å². The Morgan fingerprint density at radius 1 is 1.13 bits per heavy atom. The lowest BCUT2D eigenvalue weighted by Crippen LogP contribution is -2.39. The molecule has 0 radical (unpaired) electrons. The van der Waals surface area contributed by atoms with Crippen LogP contribution in [0.1, 0.15) is 11.1 Å². The number of para-hydroxylation sites is 1. The molecule has 5 nitrogen and oxygen atoms in total. The number of rotatable bonds is 3. The smallest absolute Gasteiger partial charge is 0.315 e. The molecule has 0 spiro atoms. The normalized spacial score (nSPS) is 23.9. The summed E-state index contributed by atoms with van der Waals surface area (Å²) in [7, 11) is -3.40. The number of nitrogens with zero attached hydrogens (tertiary/aromatic N) is 2. The maximum Gasteiger partial charge on any atom is 0.418 e. The molecule has 2 heterocycles. The summed E-state index contributed by atoms with van der Waals surface area (Å²) >= 11 is 7.11. The summed E-state index contributed by atoms with van der Waals surface area (Å²) in [5.74, 6) is -1.05. The van der Waals surface area contributed by atoms with E-state index >= 15 is 0 Å². The molecule has 2 saturated heterocycles. The molecule has 0 aromatic heterocycles. The summed E-state index contributed by atoms with van der Waals surface area (Å²) < 4.78 is 65.2. The first-order valence-electron chi connectivity index (χ1n) is 9.22. The number of thioether (sulfide) groups is 1. The number of aliphatic imine (C=N–C) groups is 1. The number of sulfone groups is 1. The largest absolute Gasteiger partial charge is 0.418 e. The summed E-state index contributed by atoms with van der Waals surface area (Å²) in [5, 5.41) is -0.0471. The molecule has 2 aromatic rings. The van der Waals surface area contributed by atoms with Crippen LogP contribution < -0.4 is 4.90 Å². The number of halogens is 4. The van der Waals surface area contributed by atoms with Crippen LogP contribution in [-0.4, -0.2) is 42.3 Å². The molecule has 0 unspecified atom stereocenters. The second-order valence-electron chi connectivity index (χ2n) is 7.24. The fourth-order valence-electron chi connectivity index (χ4n) is 3.72. The molecule has 2 aromatic carbocycles. The lowest BCUT2D eigenvalue weighted by molar-refractivity contribution is -0.137. The molecule has 1 amide bonds. The van der Waals surface area contributed by atoms with E-state index < -0.39 is 38.8 Å². The number of benzene rings is 2. The second-order valence-corrected chi connectivity index (χ2v) is 11.0. The average Bonchev–Trinajstić information content (AvgIpc) is 3.13. The number of carbonyl (C=O) groups is 1. The number of fused-ring (bicyclic) bond motifs is 1. The molecule has 31 heavy (non-hydrogen) atoms.